The molecule has 2 aromatic heterocycles. The van der Waals surface area contributed by atoms with E-state index in [1.165, 1.54) is 0 Å². The molecular formula is C22H17Cl2N3O2. The number of para-hydroxylation sites is 2. The van der Waals surface area contributed by atoms with E-state index in [9.17, 15) is 4.79 Å². The largest absolute Gasteiger partial charge is 0.480 e. The van der Waals surface area contributed by atoms with Gasteiger partial charge in [-0.05, 0) is 26.0 Å². The predicted molar refractivity (Wildman–Crippen MR) is 117 cm³/mol. The number of nitrogens with one attached hydrogen (secondary N) is 1. The number of halogens is 2. The van der Waals surface area contributed by atoms with Crippen LogP contribution in [0.4, 0.5) is 5.69 Å². The van der Waals surface area contributed by atoms with E-state index in [4.69, 9.17) is 27.9 Å². The maximum Gasteiger partial charge on any atom is 0.262 e. The molecule has 0 aliphatic heterocycles. The van der Waals surface area contributed by atoms with Crippen molar-refractivity contribution in [3.05, 3.63) is 70.0 Å². The van der Waals surface area contributed by atoms with Gasteiger partial charge in [-0.2, -0.15) is 0 Å². The van der Waals surface area contributed by atoms with E-state index in [1.807, 2.05) is 48.5 Å². The van der Waals surface area contributed by atoms with Crippen LogP contribution < -0.4 is 10.1 Å². The van der Waals surface area contributed by atoms with E-state index < -0.39 is 0 Å². The number of carbonyl (C=O) groups is 1. The maximum absolute atomic E-state index is 12.7. The van der Waals surface area contributed by atoms with Gasteiger partial charge in [0, 0.05) is 10.8 Å². The number of ether oxygens (including phenoxy) is 1. The number of hydrogen-bond acceptors (Lipinski definition) is 4. The average Bonchev–Trinajstić information content (AvgIpc) is 2.72. The molecule has 146 valence electrons. The summed E-state index contributed by atoms with van der Waals surface area (Å²) >= 11 is 12.5. The molecule has 4 rings (SSSR count). The Labute approximate surface area is 177 Å². The summed E-state index contributed by atoms with van der Waals surface area (Å²) in [6.45, 7) is 3.27. The van der Waals surface area contributed by atoms with Gasteiger partial charge in [0.25, 0.3) is 5.91 Å². The first-order valence-corrected chi connectivity index (χ1v) is 9.73. The first-order chi connectivity index (χ1) is 14.0. The second kappa shape index (κ2) is 7.85. The SMILES string of the molecule is Cc1nc(C)c(Cl)c(OCC(=O)Nc2c3ccccc3nc3ccccc23)c1Cl. The number of pyridine rings is 2. The number of carbonyl (C=O) groups excluding carboxylic acids is 1. The molecule has 0 aliphatic rings. The fourth-order valence-corrected chi connectivity index (χ4v) is 3.62. The van der Waals surface area contributed by atoms with Crippen molar-refractivity contribution in [1.82, 2.24) is 9.97 Å². The van der Waals surface area contributed by atoms with Crippen molar-refractivity contribution in [3.63, 3.8) is 0 Å². The molecule has 2 heterocycles. The lowest BCUT2D eigenvalue weighted by Crippen LogP contribution is -2.21. The van der Waals surface area contributed by atoms with Crippen molar-refractivity contribution in [3.8, 4) is 5.75 Å². The molecule has 0 saturated carbocycles. The molecule has 0 fully saturated rings. The Hall–Kier alpha value is -2.89. The Morgan fingerprint density at radius 2 is 1.41 bits per heavy atom. The Balaban J connectivity index is 1.65. The van der Waals surface area contributed by atoms with Gasteiger partial charge in [-0.1, -0.05) is 59.6 Å². The van der Waals surface area contributed by atoms with Gasteiger partial charge in [-0.25, -0.2) is 4.98 Å². The van der Waals surface area contributed by atoms with Crippen molar-refractivity contribution in [2.45, 2.75) is 13.8 Å². The highest BCUT2D eigenvalue weighted by Gasteiger charge is 2.17. The van der Waals surface area contributed by atoms with E-state index in [1.54, 1.807) is 13.8 Å². The summed E-state index contributed by atoms with van der Waals surface area (Å²) in [7, 11) is 0. The second-order valence-electron chi connectivity index (χ2n) is 6.60. The van der Waals surface area contributed by atoms with Crippen LogP contribution in [0, 0.1) is 13.8 Å². The highest BCUT2D eigenvalue weighted by Crippen LogP contribution is 2.36. The van der Waals surface area contributed by atoms with Crippen molar-refractivity contribution < 1.29 is 9.53 Å². The van der Waals surface area contributed by atoms with Gasteiger partial charge >= 0.3 is 0 Å². The third-order valence-corrected chi connectivity index (χ3v) is 5.46. The summed E-state index contributed by atoms with van der Waals surface area (Å²) in [5.41, 5.74) is 3.48. The van der Waals surface area contributed by atoms with Crippen LogP contribution in [-0.2, 0) is 4.79 Å². The van der Waals surface area contributed by atoms with Crippen LogP contribution in [-0.4, -0.2) is 22.5 Å². The van der Waals surface area contributed by atoms with Gasteiger partial charge in [0.05, 0.1) is 28.1 Å². The number of amides is 1. The van der Waals surface area contributed by atoms with Crippen molar-refractivity contribution in [2.75, 3.05) is 11.9 Å². The van der Waals surface area contributed by atoms with Crippen LogP contribution in [0.3, 0.4) is 0 Å². The topological polar surface area (TPSA) is 64.1 Å². The van der Waals surface area contributed by atoms with Crippen molar-refractivity contribution in [2.24, 2.45) is 0 Å². The zero-order chi connectivity index (χ0) is 20.5. The number of anilines is 1. The molecule has 0 atom stereocenters. The molecular weight excluding hydrogens is 409 g/mol. The standard InChI is InChI=1S/C22H17Cl2N3O2/c1-12-19(23)22(20(24)13(2)25-12)29-11-18(28)27-21-14-7-3-5-9-16(14)26-17-10-6-4-8-15(17)21/h3-10H,11H2,1-2H3,(H,26,27,28). The van der Waals surface area contributed by atoms with Crippen LogP contribution in [0.5, 0.6) is 5.75 Å². The van der Waals surface area contributed by atoms with Crippen LogP contribution in [0.25, 0.3) is 21.8 Å². The van der Waals surface area contributed by atoms with E-state index in [-0.39, 0.29) is 18.3 Å². The summed E-state index contributed by atoms with van der Waals surface area (Å²) in [6.07, 6.45) is 0. The van der Waals surface area contributed by atoms with E-state index in [2.05, 4.69) is 15.3 Å². The highest BCUT2D eigenvalue weighted by molar-refractivity contribution is 6.37. The predicted octanol–water partition coefficient (Wildman–Crippen LogP) is 5.72. The highest BCUT2D eigenvalue weighted by atomic mass is 35.5. The van der Waals surface area contributed by atoms with E-state index >= 15 is 0 Å². The molecule has 7 heteroatoms. The Kier molecular flexibility index (Phi) is 5.26. The smallest absolute Gasteiger partial charge is 0.262 e. The zero-order valence-electron chi connectivity index (χ0n) is 15.8. The maximum atomic E-state index is 12.7. The fourth-order valence-electron chi connectivity index (χ4n) is 3.19. The molecule has 1 N–H and O–H groups in total. The summed E-state index contributed by atoms with van der Waals surface area (Å²) in [5, 5.41) is 5.27. The summed E-state index contributed by atoms with van der Waals surface area (Å²) in [5.74, 6) is -0.0660. The van der Waals surface area contributed by atoms with Gasteiger partial charge in [0.15, 0.2) is 12.4 Å². The van der Waals surface area contributed by atoms with E-state index in [0.717, 1.165) is 21.8 Å². The molecule has 0 unspecified atom stereocenters. The van der Waals surface area contributed by atoms with Gasteiger partial charge in [0.2, 0.25) is 0 Å². The molecule has 29 heavy (non-hydrogen) atoms. The first-order valence-electron chi connectivity index (χ1n) is 8.98. The number of hydrogen-bond donors (Lipinski definition) is 1. The van der Waals surface area contributed by atoms with Crippen LogP contribution >= 0.6 is 23.2 Å². The lowest BCUT2D eigenvalue weighted by Gasteiger charge is -2.15. The number of aromatic nitrogens is 2. The second-order valence-corrected chi connectivity index (χ2v) is 7.35. The van der Waals surface area contributed by atoms with Crippen molar-refractivity contribution in [1.29, 1.82) is 0 Å². The number of benzene rings is 2. The molecule has 0 aliphatic carbocycles. The molecule has 0 bridgehead atoms. The molecule has 0 radical (unpaired) electrons. The average molecular weight is 426 g/mol. The van der Waals surface area contributed by atoms with Crippen LogP contribution in [0.1, 0.15) is 11.4 Å². The quantitative estimate of drug-likeness (QED) is 0.424. The molecule has 1 amide bonds. The Morgan fingerprint density at radius 1 is 0.897 bits per heavy atom. The van der Waals surface area contributed by atoms with Gasteiger partial charge in [-0.15, -0.1) is 0 Å². The molecule has 0 spiro atoms. The van der Waals surface area contributed by atoms with Crippen LogP contribution in [0.2, 0.25) is 10.0 Å². The lowest BCUT2D eigenvalue weighted by molar-refractivity contribution is -0.118. The minimum Gasteiger partial charge on any atom is -0.480 e. The summed E-state index contributed by atoms with van der Waals surface area (Å²) in [6, 6.07) is 15.3. The molecule has 4 aromatic rings. The first kappa shape index (κ1) is 19.4. The Bertz CT molecular complexity index is 1180. The third kappa shape index (κ3) is 3.71. The minimum absolute atomic E-state index is 0.243. The number of rotatable bonds is 4. The Morgan fingerprint density at radius 3 is 1.97 bits per heavy atom. The molecule has 2 aromatic carbocycles. The lowest BCUT2D eigenvalue weighted by atomic mass is 10.1. The van der Waals surface area contributed by atoms with Crippen LogP contribution in [0.15, 0.2) is 48.5 Å². The van der Waals surface area contributed by atoms with Gasteiger partial charge in [0.1, 0.15) is 10.0 Å². The molecule has 0 saturated heterocycles. The van der Waals surface area contributed by atoms with Crippen molar-refractivity contribution >= 4 is 56.6 Å². The van der Waals surface area contributed by atoms with Gasteiger partial charge in [-0.3, -0.25) is 9.78 Å². The number of aryl methyl sites for hydroxylation is 2. The summed E-state index contributed by atoms with van der Waals surface area (Å²) in [4.78, 5) is 21.6. The van der Waals surface area contributed by atoms with Gasteiger partial charge < -0.3 is 10.1 Å². The third-order valence-electron chi connectivity index (χ3n) is 4.57. The number of nitrogens with zero attached hydrogens (tertiary/aromatic N) is 2. The summed E-state index contributed by atoms with van der Waals surface area (Å²) < 4.78 is 5.66. The zero-order valence-corrected chi connectivity index (χ0v) is 17.3. The molecule has 5 nitrogen and oxygen atoms in total. The monoisotopic (exact) mass is 425 g/mol. The number of fused-ring (bicyclic) bond motifs is 2. The normalized spacial score (nSPS) is 11.0. The van der Waals surface area contributed by atoms with E-state index in [0.29, 0.717) is 27.1 Å². The fraction of sp³-hybridized carbons (Fsp3) is 0.136. The minimum atomic E-state index is -0.328.